The number of rotatable bonds is 14. The van der Waals surface area contributed by atoms with Crippen LogP contribution in [0.4, 0.5) is 0 Å². The van der Waals surface area contributed by atoms with Crippen LogP contribution in [-0.2, 0) is 9.47 Å². The van der Waals surface area contributed by atoms with Gasteiger partial charge in [-0.2, -0.15) is 10.5 Å². The molecule has 2 aromatic carbocycles. The second-order valence-electron chi connectivity index (χ2n) is 12.3. The molecule has 2 N–H and O–H groups in total. The highest BCUT2D eigenvalue weighted by atomic mass is 32.1. The maximum Gasteiger partial charge on any atom is 0.274 e. The number of allylic oxidation sites excluding steroid dienone is 1. The Morgan fingerprint density at radius 1 is 0.808 bits per heavy atom. The number of nitrogens with zero attached hydrogens (tertiary/aromatic N) is 5. The molecule has 0 radical (unpaired) electrons. The molecule has 0 bridgehead atoms. The summed E-state index contributed by atoms with van der Waals surface area (Å²) in [5, 5.41) is 20.9. The Morgan fingerprint density at radius 2 is 1.37 bits per heavy atom. The van der Waals surface area contributed by atoms with Crippen molar-refractivity contribution < 1.29 is 28.4 Å². The highest BCUT2D eigenvalue weighted by Gasteiger charge is 2.33. The van der Waals surface area contributed by atoms with Gasteiger partial charge in [0.15, 0.2) is 23.0 Å². The fourth-order valence-corrected chi connectivity index (χ4v) is 7.58. The van der Waals surface area contributed by atoms with Gasteiger partial charge in [-0.3, -0.25) is 19.2 Å². The van der Waals surface area contributed by atoms with Gasteiger partial charge in [-0.25, -0.2) is 0 Å². The van der Waals surface area contributed by atoms with E-state index in [1.165, 1.54) is 4.57 Å². The van der Waals surface area contributed by atoms with E-state index in [1.807, 2.05) is 38.1 Å². The van der Waals surface area contributed by atoms with Gasteiger partial charge in [-0.15, -0.1) is 11.3 Å². The largest absolute Gasteiger partial charge is 0.490 e. The Labute approximate surface area is 306 Å². The summed E-state index contributed by atoms with van der Waals surface area (Å²) in [6.07, 6.45) is 1.73. The molecule has 3 aliphatic rings. The van der Waals surface area contributed by atoms with E-state index in [2.05, 4.69) is 21.9 Å². The predicted molar refractivity (Wildman–Crippen MR) is 197 cm³/mol. The SMILES string of the molecule is CCOc1cc(C=c2sc3n(c2=O)C(N)=C(C#N)C(c2ccc(OCCN4CCOCC4)c(OCC)c2)C=3C#N)ccc1OCCN1CCOCC1. The van der Waals surface area contributed by atoms with Crippen LogP contribution in [0.2, 0.25) is 0 Å². The number of benzene rings is 2. The number of nitriles is 2. The molecule has 0 spiro atoms. The number of aromatic nitrogens is 1. The number of fused-ring (bicyclic) bond motifs is 1. The van der Waals surface area contributed by atoms with Gasteiger partial charge in [-0.05, 0) is 55.3 Å². The Morgan fingerprint density at radius 3 is 1.92 bits per heavy atom. The quantitative estimate of drug-likeness (QED) is 0.258. The van der Waals surface area contributed by atoms with E-state index >= 15 is 0 Å². The van der Waals surface area contributed by atoms with Crippen molar-refractivity contribution in [1.29, 1.82) is 10.5 Å². The van der Waals surface area contributed by atoms with E-state index in [-0.39, 0.29) is 17.0 Å². The van der Waals surface area contributed by atoms with E-state index in [0.717, 1.165) is 63.8 Å². The van der Waals surface area contributed by atoms with Gasteiger partial charge in [-0.1, -0.05) is 12.1 Å². The third-order valence-corrected chi connectivity index (χ3v) is 10.2. The summed E-state index contributed by atoms with van der Waals surface area (Å²) in [5.41, 5.74) is 7.85. The molecule has 13 nitrogen and oxygen atoms in total. The molecule has 0 amide bonds. The minimum Gasteiger partial charge on any atom is -0.490 e. The zero-order valence-electron chi connectivity index (χ0n) is 29.6. The van der Waals surface area contributed by atoms with Crippen molar-refractivity contribution in [2.75, 3.05) is 92.1 Å². The predicted octanol–water partition coefficient (Wildman–Crippen LogP) is 2.08. The van der Waals surface area contributed by atoms with Crippen LogP contribution >= 0.6 is 11.3 Å². The molecule has 6 rings (SSSR count). The van der Waals surface area contributed by atoms with Gasteiger partial charge in [0.1, 0.15) is 23.7 Å². The van der Waals surface area contributed by atoms with Gasteiger partial charge in [0, 0.05) is 39.3 Å². The van der Waals surface area contributed by atoms with E-state index < -0.39 is 11.5 Å². The smallest absolute Gasteiger partial charge is 0.274 e. The first-order valence-corrected chi connectivity index (χ1v) is 18.4. The van der Waals surface area contributed by atoms with Gasteiger partial charge in [0.2, 0.25) is 0 Å². The lowest BCUT2D eigenvalue weighted by Crippen LogP contribution is -2.38. The summed E-state index contributed by atoms with van der Waals surface area (Å²) in [6, 6.07) is 15.4. The van der Waals surface area contributed by atoms with Gasteiger partial charge < -0.3 is 34.2 Å². The summed E-state index contributed by atoms with van der Waals surface area (Å²) in [5.74, 6) is 1.42. The number of thiazole rings is 1. The summed E-state index contributed by atoms with van der Waals surface area (Å²) in [7, 11) is 0. The lowest BCUT2D eigenvalue weighted by Gasteiger charge is -2.26. The zero-order valence-corrected chi connectivity index (χ0v) is 30.4. The standard InChI is InChI=1S/C38H44N6O7S/c1-3-48-32-21-26(5-7-30(32)50-19-13-42-9-15-46-16-10-42)22-34-37(45)44-36(41)28(24-39)35(29(25-40)38(44)52-34)27-6-8-31(33(23-27)49-4-2)51-20-14-43-11-17-47-18-12-43/h5-8,21-23,35H,3-4,9-20,41H2,1-2H3. The molecule has 1 aromatic heterocycles. The average Bonchev–Trinajstić information content (AvgIpc) is 3.49. The van der Waals surface area contributed by atoms with Crippen LogP contribution in [0.3, 0.4) is 0 Å². The topological polar surface area (TPSA) is 157 Å². The van der Waals surface area contributed by atoms with Crippen molar-refractivity contribution in [1.82, 2.24) is 14.4 Å². The molecule has 2 saturated heterocycles. The van der Waals surface area contributed by atoms with Crippen molar-refractivity contribution in [2.24, 2.45) is 5.73 Å². The van der Waals surface area contributed by atoms with Crippen molar-refractivity contribution in [3.63, 3.8) is 0 Å². The fourth-order valence-electron chi connectivity index (χ4n) is 6.45. The monoisotopic (exact) mass is 728 g/mol. The number of ether oxygens (including phenoxy) is 6. The zero-order chi connectivity index (χ0) is 36.5. The summed E-state index contributed by atoms with van der Waals surface area (Å²) >= 11 is 1.15. The third kappa shape index (κ3) is 8.28. The molecule has 2 fully saturated rings. The van der Waals surface area contributed by atoms with E-state index in [1.54, 1.807) is 18.2 Å². The Bertz CT molecular complexity index is 2030. The van der Waals surface area contributed by atoms with Crippen LogP contribution in [0.15, 0.2) is 46.8 Å². The molecule has 3 aliphatic heterocycles. The van der Waals surface area contributed by atoms with Crippen LogP contribution in [0.1, 0.15) is 30.9 Å². The lowest BCUT2D eigenvalue weighted by molar-refractivity contribution is 0.0320. The number of hydrogen-bond donors (Lipinski definition) is 1. The number of hydrogen-bond acceptors (Lipinski definition) is 13. The molecular formula is C38H44N6O7S. The Hall–Kier alpha value is -4.83. The minimum absolute atomic E-state index is 0.00906. The van der Waals surface area contributed by atoms with Crippen LogP contribution in [0.5, 0.6) is 23.0 Å². The summed E-state index contributed by atoms with van der Waals surface area (Å²) in [6.45, 7) is 13.4. The van der Waals surface area contributed by atoms with E-state index in [9.17, 15) is 15.3 Å². The second-order valence-corrected chi connectivity index (χ2v) is 13.3. The van der Waals surface area contributed by atoms with Crippen LogP contribution < -0.4 is 39.4 Å². The van der Waals surface area contributed by atoms with E-state index in [4.69, 9.17) is 34.2 Å². The normalized spacial score (nSPS) is 18.4. The highest BCUT2D eigenvalue weighted by molar-refractivity contribution is 7.07. The molecule has 1 unspecified atom stereocenters. The Balaban J connectivity index is 1.30. The van der Waals surface area contributed by atoms with Gasteiger partial charge in [0.05, 0.1) is 73.4 Å². The lowest BCUT2D eigenvalue weighted by atomic mass is 9.84. The van der Waals surface area contributed by atoms with Crippen LogP contribution in [0.25, 0.3) is 17.5 Å². The fraction of sp³-hybridized carbons (Fsp3) is 0.447. The second kappa shape index (κ2) is 17.6. The minimum atomic E-state index is -0.805. The molecule has 52 heavy (non-hydrogen) atoms. The van der Waals surface area contributed by atoms with Crippen LogP contribution in [0, 0.1) is 22.7 Å². The molecule has 4 heterocycles. The highest BCUT2D eigenvalue weighted by Crippen LogP contribution is 2.39. The summed E-state index contributed by atoms with van der Waals surface area (Å²) in [4.78, 5) is 18.4. The van der Waals surface area contributed by atoms with Crippen molar-refractivity contribution >= 4 is 28.8 Å². The van der Waals surface area contributed by atoms with Crippen molar-refractivity contribution in [2.45, 2.75) is 19.8 Å². The Kier molecular flexibility index (Phi) is 12.5. The molecule has 0 saturated carbocycles. The summed E-state index contributed by atoms with van der Waals surface area (Å²) < 4.78 is 36.9. The third-order valence-electron chi connectivity index (χ3n) is 9.09. The molecule has 1 atom stereocenters. The average molecular weight is 729 g/mol. The van der Waals surface area contributed by atoms with Crippen LogP contribution in [-0.4, -0.2) is 106 Å². The first kappa shape index (κ1) is 36.9. The van der Waals surface area contributed by atoms with Crippen molar-refractivity contribution in [3.8, 4) is 35.1 Å². The van der Waals surface area contributed by atoms with Gasteiger partial charge in [0.25, 0.3) is 5.56 Å². The van der Waals surface area contributed by atoms with Crippen molar-refractivity contribution in [3.05, 3.63) is 72.6 Å². The van der Waals surface area contributed by atoms with Gasteiger partial charge >= 0.3 is 0 Å². The maximum absolute atomic E-state index is 13.8. The number of morpholine rings is 2. The molecule has 0 aliphatic carbocycles. The molecular weight excluding hydrogens is 685 g/mol. The number of nitrogens with two attached hydrogens (primary N) is 1. The first-order valence-electron chi connectivity index (χ1n) is 17.6. The molecule has 14 heteroatoms. The maximum atomic E-state index is 13.8. The molecule has 3 aromatic rings. The molecule has 274 valence electrons. The first-order chi connectivity index (χ1) is 25.4. The van der Waals surface area contributed by atoms with E-state index in [0.29, 0.717) is 83.0 Å².